The van der Waals surface area contributed by atoms with Gasteiger partial charge in [-0.05, 0) is 19.8 Å². The molecule has 1 aliphatic rings. The van der Waals surface area contributed by atoms with Crippen LogP contribution in [0.25, 0.3) is 0 Å². The van der Waals surface area contributed by atoms with Crippen molar-refractivity contribution in [1.29, 1.82) is 0 Å². The maximum absolute atomic E-state index is 10.2. The first-order valence-electron chi connectivity index (χ1n) is 5.72. The van der Waals surface area contributed by atoms with E-state index in [1.165, 1.54) is 6.92 Å². The molecule has 3 N–H and O–H groups in total. The fourth-order valence-corrected chi connectivity index (χ4v) is 0.769. The number of ketones is 1. The average molecular weight is 266 g/mol. The highest BCUT2D eigenvalue weighted by Crippen LogP contribution is 2.11. The maximum atomic E-state index is 10.2. The second kappa shape index (κ2) is 18.4. The molecule has 0 aromatic rings. The summed E-state index contributed by atoms with van der Waals surface area (Å²) in [6.07, 6.45) is 3.41. The molecule has 1 fully saturated rings. The maximum Gasteiger partial charge on any atom is 0.300 e. The number of hydrogen-bond acceptors (Lipinski definition) is 5. The molecule has 0 amide bonds. The standard InChI is InChI=1S/C5H8O.C3H8O2.C2H4O2.C2H6O/c6-5-3-1-2-4-5;1-3(5)2-4;1-2(3)4;1-3-2/h1-4H2;3-5H,2H2,1H3;1H3,(H,3,4);1-2H3. The van der Waals surface area contributed by atoms with Crippen molar-refractivity contribution in [1.82, 2.24) is 0 Å². The summed E-state index contributed by atoms with van der Waals surface area (Å²) in [7, 11) is 3.25. The molecular formula is C12H26O6. The highest BCUT2D eigenvalue weighted by atomic mass is 16.4. The number of aliphatic hydroxyl groups excluding tert-OH is 2. The van der Waals surface area contributed by atoms with Crippen LogP contribution in [0.3, 0.4) is 0 Å². The van der Waals surface area contributed by atoms with Gasteiger partial charge in [0.05, 0.1) is 12.7 Å². The summed E-state index contributed by atoms with van der Waals surface area (Å²) >= 11 is 0. The van der Waals surface area contributed by atoms with E-state index >= 15 is 0 Å². The fraction of sp³-hybridized carbons (Fsp3) is 0.833. The molecule has 6 heteroatoms. The molecule has 0 saturated heterocycles. The summed E-state index contributed by atoms with van der Waals surface area (Å²) in [5.74, 6) is -0.380. The van der Waals surface area contributed by atoms with Gasteiger partial charge in [-0.1, -0.05) is 0 Å². The van der Waals surface area contributed by atoms with Crippen molar-refractivity contribution in [2.45, 2.75) is 45.6 Å². The summed E-state index contributed by atoms with van der Waals surface area (Å²) in [5, 5.41) is 23.4. The molecule has 1 saturated carbocycles. The molecule has 110 valence electrons. The van der Waals surface area contributed by atoms with Crippen LogP contribution < -0.4 is 0 Å². The van der Waals surface area contributed by atoms with Crippen LogP contribution >= 0.6 is 0 Å². The van der Waals surface area contributed by atoms with Gasteiger partial charge in [0.2, 0.25) is 0 Å². The normalized spacial score (nSPS) is 14.0. The largest absolute Gasteiger partial charge is 0.481 e. The van der Waals surface area contributed by atoms with Gasteiger partial charge in [-0.3, -0.25) is 9.59 Å². The van der Waals surface area contributed by atoms with E-state index in [-0.39, 0.29) is 6.61 Å². The third-order valence-corrected chi connectivity index (χ3v) is 1.43. The van der Waals surface area contributed by atoms with Crippen LogP contribution in [-0.4, -0.2) is 54.0 Å². The van der Waals surface area contributed by atoms with Crippen molar-refractivity contribution < 1.29 is 29.6 Å². The Balaban J connectivity index is -0.000000173. The minimum absolute atomic E-state index is 0.139. The van der Waals surface area contributed by atoms with Crippen molar-refractivity contribution in [3.05, 3.63) is 0 Å². The lowest BCUT2D eigenvalue weighted by Gasteiger charge is -1.90. The molecule has 1 atom stereocenters. The Labute approximate surface area is 109 Å². The number of rotatable bonds is 1. The third kappa shape index (κ3) is 45.9. The van der Waals surface area contributed by atoms with Crippen molar-refractivity contribution in [2.24, 2.45) is 0 Å². The number of Topliss-reactive ketones (excluding diaryl/α,β-unsaturated/α-hetero) is 1. The first-order valence-corrected chi connectivity index (χ1v) is 5.72. The number of hydrogen-bond donors (Lipinski definition) is 3. The van der Waals surface area contributed by atoms with Gasteiger partial charge in [-0.2, -0.15) is 0 Å². The van der Waals surface area contributed by atoms with Crippen LogP contribution in [0.5, 0.6) is 0 Å². The first-order chi connectivity index (χ1) is 8.31. The molecule has 1 aliphatic carbocycles. The van der Waals surface area contributed by atoms with Crippen LogP contribution in [0.4, 0.5) is 0 Å². The molecule has 0 aromatic carbocycles. The Bertz CT molecular complexity index is 179. The van der Waals surface area contributed by atoms with Gasteiger partial charge in [0.1, 0.15) is 5.78 Å². The van der Waals surface area contributed by atoms with Crippen LogP contribution in [0.15, 0.2) is 0 Å². The van der Waals surface area contributed by atoms with Crippen LogP contribution in [0.2, 0.25) is 0 Å². The van der Waals surface area contributed by atoms with Crippen LogP contribution in [0.1, 0.15) is 39.5 Å². The summed E-state index contributed by atoms with van der Waals surface area (Å²) in [6, 6.07) is 0. The van der Waals surface area contributed by atoms with E-state index in [0.717, 1.165) is 32.6 Å². The van der Waals surface area contributed by atoms with Crippen molar-refractivity contribution in [3.63, 3.8) is 0 Å². The van der Waals surface area contributed by atoms with Crippen LogP contribution in [0, 0.1) is 0 Å². The Kier molecular flexibility index (Phi) is 22.7. The zero-order chi connectivity index (χ0) is 15.0. The van der Waals surface area contributed by atoms with Gasteiger partial charge in [0.15, 0.2) is 0 Å². The molecule has 0 aliphatic heterocycles. The minimum atomic E-state index is -0.833. The topological polar surface area (TPSA) is 104 Å². The highest BCUT2D eigenvalue weighted by Gasteiger charge is 2.07. The molecule has 0 aromatic heterocycles. The second-order valence-corrected chi connectivity index (χ2v) is 3.70. The lowest BCUT2D eigenvalue weighted by Crippen LogP contribution is -2.03. The molecule has 18 heavy (non-hydrogen) atoms. The van der Waals surface area contributed by atoms with E-state index in [1.807, 2.05) is 0 Å². The van der Waals surface area contributed by atoms with E-state index in [1.54, 1.807) is 14.2 Å². The summed E-state index contributed by atoms with van der Waals surface area (Å²) < 4.78 is 4.25. The number of methoxy groups -OCH3 is 1. The Morgan fingerprint density at radius 1 is 1.33 bits per heavy atom. The SMILES string of the molecule is CC(=O)O.CC(O)CO.COC.O=C1CCCC1. The predicted molar refractivity (Wildman–Crippen MR) is 68.5 cm³/mol. The Hall–Kier alpha value is -0.980. The van der Waals surface area contributed by atoms with Crippen molar-refractivity contribution in [2.75, 3.05) is 20.8 Å². The summed E-state index contributed by atoms with van der Waals surface area (Å²) in [6.45, 7) is 2.47. The Morgan fingerprint density at radius 2 is 1.56 bits per heavy atom. The fourth-order valence-electron chi connectivity index (χ4n) is 0.769. The number of aliphatic carboxylic acids is 1. The summed E-state index contributed by atoms with van der Waals surface area (Å²) in [5.41, 5.74) is 0. The lowest BCUT2D eigenvalue weighted by molar-refractivity contribution is -0.134. The smallest absolute Gasteiger partial charge is 0.300 e. The van der Waals surface area contributed by atoms with E-state index in [9.17, 15) is 4.79 Å². The molecule has 0 bridgehead atoms. The number of ether oxygens (including phenoxy) is 1. The first kappa shape index (κ1) is 22.2. The van der Waals surface area contributed by atoms with E-state index in [2.05, 4.69) is 4.74 Å². The van der Waals surface area contributed by atoms with E-state index in [4.69, 9.17) is 20.1 Å². The molecule has 1 unspecified atom stereocenters. The van der Waals surface area contributed by atoms with Gasteiger partial charge >= 0.3 is 0 Å². The molecule has 0 spiro atoms. The van der Waals surface area contributed by atoms with Gasteiger partial charge in [0, 0.05) is 34.0 Å². The van der Waals surface area contributed by atoms with E-state index in [0.29, 0.717) is 5.78 Å². The zero-order valence-corrected chi connectivity index (χ0v) is 11.7. The van der Waals surface area contributed by atoms with E-state index < -0.39 is 12.1 Å². The van der Waals surface area contributed by atoms with Gasteiger partial charge in [0.25, 0.3) is 5.97 Å². The number of aliphatic hydroxyl groups is 2. The third-order valence-electron chi connectivity index (χ3n) is 1.43. The number of carbonyl (C=O) groups is 2. The highest BCUT2D eigenvalue weighted by molar-refractivity contribution is 5.80. The lowest BCUT2D eigenvalue weighted by atomic mass is 10.4. The molecular weight excluding hydrogens is 240 g/mol. The average Bonchev–Trinajstić information content (AvgIpc) is 2.70. The van der Waals surface area contributed by atoms with Crippen molar-refractivity contribution >= 4 is 11.8 Å². The number of carboxylic acid groups (broad SMARTS) is 1. The second-order valence-electron chi connectivity index (χ2n) is 3.70. The molecule has 6 nitrogen and oxygen atoms in total. The zero-order valence-electron chi connectivity index (χ0n) is 11.7. The van der Waals surface area contributed by atoms with Gasteiger partial charge in [-0.25, -0.2) is 0 Å². The molecule has 0 heterocycles. The quantitative estimate of drug-likeness (QED) is 0.649. The Morgan fingerprint density at radius 3 is 1.61 bits per heavy atom. The number of carboxylic acids is 1. The number of carbonyl (C=O) groups excluding carboxylic acids is 1. The van der Waals surface area contributed by atoms with Crippen molar-refractivity contribution in [3.8, 4) is 0 Å². The molecule has 0 radical (unpaired) electrons. The molecule has 1 rings (SSSR count). The minimum Gasteiger partial charge on any atom is -0.481 e. The summed E-state index contributed by atoms with van der Waals surface area (Å²) in [4.78, 5) is 19.2. The van der Waals surface area contributed by atoms with Gasteiger partial charge in [-0.15, -0.1) is 0 Å². The van der Waals surface area contributed by atoms with Crippen LogP contribution in [-0.2, 0) is 14.3 Å². The monoisotopic (exact) mass is 266 g/mol. The van der Waals surface area contributed by atoms with Gasteiger partial charge < -0.3 is 20.1 Å². The predicted octanol–water partition coefficient (Wildman–Crippen LogP) is 0.842.